The van der Waals surface area contributed by atoms with Gasteiger partial charge in [0, 0.05) is 0 Å². The number of rotatable bonds is 0. The molecule has 2 heteroatoms. The van der Waals surface area contributed by atoms with Crippen molar-refractivity contribution in [3.05, 3.63) is 8.18 Å². The quantitative estimate of drug-likeness (QED) is 0.455. The monoisotopic (exact) mass is 272 g/mol. The van der Waals surface area contributed by atoms with Gasteiger partial charge < -0.3 is 0 Å². The van der Waals surface area contributed by atoms with E-state index in [-0.39, 0.29) is 0 Å². The molecule has 0 unspecified atom stereocenters. The molecule has 24 valence electrons. The second kappa shape index (κ2) is 2.57. The van der Waals surface area contributed by atoms with Crippen LogP contribution in [0.25, 0.3) is 0 Å². The van der Waals surface area contributed by atoms with E-state index in [1.54, 1.807) is 1.60 Å². The summed E-state index contributed by atoms with van der Waals surface area (Å²) in [6.45, 7) is 3.74. The van der Waals surface area contributed by atoms with E-state index in [0.29, 0.717) is 0 Å². The van der Waals surface area contributed by atoms with Gasteiger partial charge in [-0.05, 0) is 0 Å². The number of hydrogen-bond acceptors (Lipinski definition) is 0. The van der Waals surface area contributed by atoms with Gasteiger partial charge in [0.15, 0.2) is 0 Å². The van der Waals surface area contributed by atoms with E-state index in [4.69, 9.17) is 0 Å². The van der Waals surface area contributed by atoms with Crippen LogP contribution in [-0.2, 0) is 0 Å². The number of hydrogen-bond donors (Lipinski definition) is 0. The van der Waals surface area contributed by atoms with Crippen molar-refractivity contribution in [2.24, 2.45) is 0 Å². The van der Waals surface area contributed by atoms with Crippen LogP contribution in [0.1, 0.15) is 0 Å². The van der Waals surface area contributed by atoms with Gasteiger partial charge in [-0.1, -0.05) is 0 Å². The van der Waals surface area contributed by atoms with E-state index in [1.165, 1.54) is 0 Å². The molecule has 0 saturated heterocycles. The van der Waals surface area contributed by atoms with Crippen LogP contribution in [0.4, 0.5) is 0 Å². The van der Waals surface area contributed by atoms with Gasteiger partial charge in [-0.2, -0.15) is 0 Å². The second-order valence-corrected chi connectivity index (χ2v) is 27.2. The van der Waals surface area contributed by atoms with Crippen molar-refractivity contribution >= 4 is 45.0 Å². The molecule has 0 nitrogen and oxygen atoms in total. The zero-order valence-corrected chi connectivity index (χ0v) is 14.6. The maximum atomic E-state index is 3.74. The molecule has 0 spiro atoms. The van der Waals surface area contributed by atoms with Crippen LogP contribution in [0.15, 0.2) is 8.18 Å². The molecule has 0 N–H and O–H groups in total. The van der Waals surface area contributed by atoms with Gasteiger partial charge in [-0.25, -0.2) is 0 Å². The summed E-state index contributed by atoms with van der Waals surface area (Å²) in [5.74, 6) is 0. The molecular formula is C2H8Sn2. The van der Waals surface area contributed by atoms with Crippen molar-refractivity contribution < 1.29 is 0 Å². The topological polar surface area (TPSA) is 0 Å². The first-order valence-electron chi connectivity index (χ1n) is 1.35. The van der Waals surface area contributed by atoms with Crippen LogP contribution < -0.4 is 0 Å². The van der Waals surface area contributed by atoms with E-state index < -0.39 is 0 Å². The first-order chi connectivity index (χ1) is 1.73. The molecule has 0 aromatic rings. The average molecular weight is 270 g/mol. The Morgan fingerprint density at radius 3 is 1.50 bits per heavy atom. The summed E-state index contributed by atoms with van der Waals surface area (Å²) < 4.78 is 1.59. The summed E-state index contributed by atoms with van der Waals surface area (Å²) in [4.78, 5) is 0. The van der Waals surface area contributed by atoms with Gasteiger partial charge in [0.2, 0.25) is 0 Å². The normalized spacial score (nSPS) is 8.00. The fourth-order valence-corrected chi connectivity index (χ4v) is 0. The fourth-order valence-electron chi connectivity index (χ4n) is 0. The fraction of sp³-hybridized carbons (Fsp3) is 0. The minimum atomic E-state index is 0.829. The van der Waals surface area contributed by atoms with E-state index in [1.807, 2.05) is 0 Å². The summed E-state index contributed by atoms with van der Waals surface area (Å²) in [5, 5.41) is 0. The van der Waals surface area contributed by atoms with E-state index in [2.05, 4.69) is 6.58 Å². The molecule has 0 heterocycles. The zero-order chi connectivity index (χ0) is 3.58. The Hall–Kier alpha value is 1.34. The first kappa shape index (κ1) is 5.34. The Morgan fingerprint density at radius 2 is 1.50 bits per heavy atom. The second-order valence-electron chi connectivity index (χ2n) is 1.21. The van der Waals surface area contributed by atoms with Crippen LogP contribution >= 0.6 is 0 Å². The Labute approximate surface area is 52.8 Å². The van der Waals surface area contributed by atoms with Crippen molar-refractivity contribution in [1.82, 2.24) is 0 Å². The SMILES string of the molecule is C=[C]([SnH3])[SnH3]. The summed E-state index contributed by atoms with van der Waals surface area (Å²) in [6.07, 6.45) is 0. The third kappa shape index (κ3) is 10.2. The molecular weight excluding hydrogens is 261 g/mol. The van der Waals surface area contributed by atoms with Gasteiger partial charge in [0.1, 0.15) is 0 Å². The summed E-state index contributed by atoms with van der Waals surface area (Å²) in [5.41, 5.74) is 0. The molecule has 0 aliphatic heterocycles. The van der Waals surface area contributed by atoms with Gasteiger partial charge in [0.25, 0.3) is 0 Å². The van der Waals surface area contributed by atoms with Crippen molar-refractivity contribution in [1.29, 1.82) is 0 Å². The molecule has 0 radical (unpaired) electrons. The molecule has 4 heavy (non-hydrogen) atoms. The van der Waals surface area contributed by atoms with E-state index in [0.717, 1.165) is 45.0 Å². The summed E-state index contributed by atoms with van der Waals surface area (Å²) in [7, 11) is 0. The molecule has 0 aromatic heterocycles. The molecule has 0 amide bonds. The van der Waals surface area contributed by atoms with Crippen molar-refractivity contribution in [2.45, 2.75) is 0 Å². The van der Waals surface area contributed by atoms with Crippen LogP contribution in [-0.4, -0.2) is 45.0 Å². The average Bonchev–Trinajstić information content (AvgIpc) is 0.811. The third-order valence-electron chi connectivity index (χ3n) is 0. The molecule has 0 bridgehead atoms. The third-order valence-corrected chi connectivity index (χ3v) is 0. The van der Waals surface area contributed by atoms with Gasteiger partial charge >= 0.3 is 53.2 Å². The van der Waals surface area contributed by atoms with Crippen LogP contribution in [0.3, 0.4) is 0 Å². The molecule has 0 fully saturated rings. The predicted octanol–water partition coefficient (Wildman–Crippen LogP) is -1.81. The first-order valence-corrected chi connectivity index (χ1v) is 7.06. The predicted molar refractivity (Wildman–Crippen MR) is 29.0 cm³/mol. The zero-order valence-electron chi connectivity index (χ0n) is 3.21. The van der Waals surface area contributed by atoms with Crippen molar-refractivity contribution in [3.63, 3.8) is 0 Å². The van der Waals surface area contributed by atoms with Gasteiger partial charge in [0.05, 0.1) is 0 Å². The van der Waals surface area contributed by atoms with Crippen molar-refractivity contribution in [3.8, 4) is 0 Å². The molecule has 0 saturated carbocycles. The standard InChI is InChI=1S/C2H2.2Sn.6H/c1-2;;;;;;;;/h1H2;;;;;;;;. The van der Waals surface area contributed by atoms with Crippen LogP contribution in [0, 0.1) is 0 Å². The molecule has 0 aromatic carbocycles. The summed E-state index contributed by atoms with van der Waals surface area (Å²) in [6, 6.07) is 0. The van der Waals surface area contributed by atoms with Crippen LogP contribution in [0.2, 0.25) is 0 Å². The van der Waals surface area contributed by atoms with Gasteiger partial charge in [-0.15, -0.1) is 0 Å². The van der Waals surface area contributed by atoms with E-state index >= 15 is 0 Å². The van der Waals surface area contributed by atoms with Gasteiger partial charge in [-0.3, -0.25) is 0 Å². The van der Waals surface area contributed by atoms with Crippen molar-refractivity contribution in [2.75, 3.05) is 0 Å². The Morgan fingerprint density at radius 1 is 1.50 bits per heavy atom. The Balaban J connectivity index is 2.80. The minimum absolute atomic E-state index is 0.829. The van der Waals surface area contributed by atoms with Crippen LogP contribution in [0.5, 0.6) is 0 Å². The molecule has 0 aliphatic carbocycles. The Kier molecular flexibility index (Phi) is 3.43. The molecule has 0 aliphatic rings. The summed E-state index contributed by atoms with van der Waals surface area (Å²) >= 11 is 1.66. The Bertz CT molecular complexity index is 27.0. The molecule has 0 rings (SSSR count). The molecule has 0 atom stereocenters. The maximum absolute atomic E-state index is 3.74. The van der Waals surface area contributed by atoms with E-state index in [9.17, 15) is 0 Å².